The molecule has 2 nitrogen and oxygen atoms in total. The lowest BCUT2D eigenvalue weighted by molar-refractivity contribution is 0.516. The molecule has 1 aromatic carbocycles. The molecule has 0 fully saturated rings. The lowest BCUT2D eigenvalue weighted by Crippen LogP contribution is -2.34. The van der Waals surface area contributed by atoms with E-state index in [0.29, 0.717) is 0 Å². The highest BCUT2D eigenvalue weighted by Gasteiger charge is 2.11. The fourth-order valence-corrected chi connectivity index (χ4v) is 1.84. The minimum atomic E-state index is -0.892. The van der Waals surface area contributed by atoms with Crippen molar-refractivity contribution in [2.24, 2.45) is 5.73 Å². The molecular weight excluding hydrogens is 194 g/mol. The van der Waals surface area contributed by atoms with E-state index in [2.05, 4.69) is 0 Å². The average Bonchev–Trinajstić information content (AvgIpc) is 2.02. The summed E-state index contributed by atoms with van der Waals surface area (Å²) in [6.07, 6.45) is 2.52. The Labute approximate surface area is 88.0 Å². The van der Waals surface area contributed by atoms with Gasteiger partial charge in [0.05, 0.1) is 0 Å². The highest BCUT2D eigenvalue weighted by Crippen LogP contribution is 2.12. The van der Waals surface area contributed by atoms with Crippen LogP contribution in [-0.2, 0) is 17.2 Å². The van der Waals surface area contributed by atoms with Crippen molar-refractivity contribution >= 4 is 10.8 Å². The van der Waals surface area contributed by atoms with Crippen molar-refractivity contribution in [1.82, 2.24) is 0 Å². The van der Waals surface area contributed by atoms with Crippen LogP contribution in [0.1, 0.15) is 19.4 Å². The molecule has 78 valence electrons. The summed E-state index contributed by atoms with van der Waals surface area (Å²) in [6.45, 7) is 4.00. The van der Waals surface area contributed by atoms with Gasteiger partial charge in [-0.05, 0) is 38.0 Å². The van der Waals surface area contributed by atoms with Crippen LogP contribution in [0.5, 0.6) is 0 Å². The Kier molecular flexibility index (Phi) is 3.45. The normalized spacial score (nSPS) is 14.0. The van der Waals surface area contributed by atoms with Crippen LogP contribution >= 0.6 is 0 Å². The standard InChI is InChI=1S/C11H17NOS/c1-11(2,12)8-9-4-6-10(7-5-9)14(3)13/h4-7H,8,12H2,1-3H3/t14-/m1/s1. The number of hydrogen-bond acceptors (Lipinski definition) is 2. The molecule has 14 heavy (non-hydrogen) atoms. The minimum absolute atomic E-state index is 0.188. The van der Waals surface area contributed by atoms with Crippen molar-refractivity contribution in [3.8, 4) is 0 Å². The second-order valence-corrected chi connectivity index (χ2v) is 5.64. The summed E-state index contributed by atoms with van der Waals surface area (Å²) in [5.41, 5.74) is 6.90. The average molecular weight is 211 g/mol. The van der Waals surface area contributed by atoms with Crippen LogP contribution in [0, 0.1) is 0 Å². The summed E-state index contributed by atoms with van der Waals surface area (Å²) in [5.74, 6) is 0. The van der Waals surface area contributed by atoms with Crippen molar-refractivity contribution in [2.75, 3.05) is 6.26 Å². The number of hydrogen-bond donors (Lipinski definition) is 1. The first-order valence-electron chi connectivity index (χ1n) is 4.60. The van der Waals surface area contributed by atoms with Crippen LogP contribution < -0.4 is 5.73 Å². The predicted octanol–water partition coefficient (Wildman–Crippen LogP) is 1.70. The quantitative estimate of drug-likeness (QED) is 0.827. The van der Waals surface area contributed by atoms with Gasteiger partial charge in [0, 0.05) is 27.5 Å². The summed E-state index contributed by atoms with van der Waals surface area (Å²) in [5, 5.41) is 0. The highest BCUT2D eigenvalue weighted by atomic mass is 32.2. The van der Waals surface area contributed by atoms with E-state index >= 15 is 0 Å². The summed E-state index contributed by atoms with van der Waals surface area (Å²) < 4.78 is 11.1. The summed E-state index contributed by atoms with van der Waals surface area (Å²) in [6, 6.07) is 7.78. The van der Waals surface area contributed by atoms with E-state index in [-0.39, 0.29) is 5.54 Å². The fraction of sp³-hybridized carbons (Fsp3) is 0.455. The molecule has 0 spiro atoms. The topological polar surface area (TPSA) is 43.1 Å². The lowest BCUT2D eigenvalue weighted by atomic mass is 9.96. The number of benzene rings is 1. The Balaban J connectivity index is 2.79. The SMILES string of the molecule is C[S@@](=O)c1ccc(CC(C)(C)N)cc1. The zero-order valence-electron chi connectivity index (χ0n) is 8.91. The van der Waals surface area contributed by atoms with Crippen molar-refractivity contribution in [1.29, 1.82) is 0 Å². The zero-order chi connectivity index (χ0) is 10.8. The third-order valence-corrected chi connectivity index (χ3v) is 2.85. The summed E-state index contributed by atoms with van der Waals surface area (Å²) in [4.78, 5) is 0.864. The van der Waals surface area contributed by atoms with E-state index in [0.717, 1.165) is 11.3 Å². The molecule has 0 aliphatic rings. The van der Waals surface area contributed by atoms with Gasteiger partial charge in [0.1, 0.15) is 0 Å². The first kappa shape index (κ1) is 11.4. The maximum atomic E-state index is 11.1. The molecule has 0 heterocycles. The van der Waals surface area contributed by atoms with Crippen molar-refractivity contribution < 1.29 is 4.21 Å². The first-order valence-corrected chi connectivity index (χ1v) is 6.15. The third-order valence-electron chi connectivity index (χ3n) is 1.92. The second-order valence-electron chi connectivity index (χ2n) is 4.26. The van der Waals surface area contributed by atoms with Gasteiger partial charge >= 0.3 is 0 Å². The molecule has 0 saturated heterocycles. The van der Waals surface area contributed by atoms with E-state index in [4.69, 9.17) is 5.73 Å². The Morgan fingerprint density at radius 3 is 2.14 bits per heavy atom. The van der Waals surface area contributed by atoms with Crippen molar-refractivity contribution in [2.45, 2.75) is 30.7 Å². The summed E-state index contributed by atoms with van der Waals surface area (Å²) >= 11 is 0. The van der Waals surface area contributed by atoms with Gasteiger partial charge in [-0.3, -0.25) is 4.21 Å². The Bertz CT molecular complexity index is 324. The Hall–Kier alpha value is -0.670. The van der Waals surface area contributed by atoms with E-state index in [1.54, 1.807) is 6.26 Å². The van der Waals surface area contributed by atoms with E-state index in [1.165, 1.54) is 5.56 Å². The van der Waals surface area contributed by atoms with Gasteiger partial charge in [0.25, 0.3) is 0 Å². The number of rotatable bonds is 3. The van der Waals surface area contributed by atoms with Crippen LogP contribution in [0.4, 0.5) is 0 Å². The van der Waals surface area contributed by atoms with Crippen LogP contribution in [0.25, 0.3) is 0 Å². The molecule has 1 aromatic rings. The van der Waals surface area contributed by atoms with E-state index in [9.17, 15) is 4.21 Å². The molecular formula is C11H17NOS. The minimum Gasteiger partial charge on any atom is -0.325 e. The van der Waals surface area contributed by atoms with Gasteiger partial charge < -0.3 is 5.73 Å². The monoisotopic (exact) mass is 211 g/mol. The van der Waals surface area contributed by atoms with Gasteiger partial charge in [-0.2, -0.15) is 0 Å². The summed E-state index contributed by atoms with van der Waals surface area (Å²) in [7, 11) is -0.892. The molecule has 1 atom stereocenters. The molecule has 0 aromatic heterocycles. The zero-order valence-corrected chi connectivity index (χ0v) is 9.73. The van der Waals surface area contributed by atoms with E-state index < -0.39 is 10.8 Å². The van der Waals surface area contributed by atoms with Gasteiger partial charge in [0.2, 0.25) is 0 Å². The molecule has 0 amide bonds. The highest BCUT2D eigenvalue weighted by molar-refractivity contribution is 7.84. The third kappa shape index (κ3) is 3.60. The molecule has 0 aliphatic heterocycles. The van der Waals surface area contributed by atoms with Crippen molar-refractivity contribution in [3.63, 3.8) is 0 Å². The predicted molar refractivity (Wildman–Crippen MR) is 60.7 cm³/mol. The van der Waals surface area contributed by atoms with Crippen LogP contribution in [-0.4, -0.2) is 16.0 Å². The Morgan fingerprint density at radius 1 is 1.29 bits per heavy atom. The van der Waals surface area contributed by atoms with Crippen LogP contribution in [0.2, 0.25) is 0 Å². The van der Waals surface area contributed by atoms with Gasteiger partial charge in [-0.1, -0.05) is 12.1 Å². The van der Waals surface area contributed by atoms with Crippen molar-refractivity contribution in [3.05, 3.63) is 29.8 Å². The largest absolute Gasteiger partial charge is 0.325 e. The Morgan fingerprint density at radius 2 is 1.79 bits per heavy atom. The van der Waals surface area contributed by atoms with Gasteiger partial charge in [-0.15, -0.1) is 0 Å². The molecule has 0 bridgehead atoms. The van der Waals surface area contributed by atoms with Crippen LogP contribution in [0.3, 0.4) is 0 Å². The second kappa shape index (κ2) is 4.24. The smallest absolute Gasteiger partial charge is 0.0498 e. The maximum absolute atomic E-state index is 11.1. The molecule has 0 unspecified atom stereocenters. The lowest BCUT2D eigenvalue weighted by Gasteiger charge is -2.18. The molecule has 0 radical (unpaired) electrons. The first-order chi connectivity index (χ1) is 6.38. The maximum Gasteiger partial charge on any atom is 0.0498 e. The molecule has 0 saturated carbocycles. The van der Waals surface area contributed by atoms with Gasteiger partial charge in [-0.25, -0.2) is 0 Å². The van der Waals surface area contributed by atoms with E-state index in [1.807, 2.05) is 38.1 Å². The number of nitrogens with two attached hydrogens (primary N) is 1. The molecule has 2 N–H and O–H groups in total. The molecule has 3 heteroatoms. The molecule has 0 aliphatic carbocycles. The fourth-order valence-electron chi connectivity index (χ4n) is 1.33. The van der Waals surface area contributed by atoms with Gasteiger partial charge in [0.15, 0.2) is 0 Å². The van der Waals surface area contributed by atoms with Crippen LogP contribution in [0.15, 0.2) is 29.2 Å². The molecule has 1 rings (SSSR count).